The number of hydrogen-bond acceptors (Lipinski definition) is 2. The molecule has 0 radical (unpaired) electrons. The fraction of sp³-hybridized carbons (Fsp3) is 0.600. The van der Waals surface area contributed by atoms with E-state index >= 15 is 0 Å². The molecule has 96 valence electrons. The summed E-state index contributed by atoms with van der Waals surface area (Å²) < 4.78 is 5.12. The lowest BCUT2D eigenvalue weighted by molar-refractivity contribution is 0.0945. The molecule has 0 heterocycles. The van der Waals surface area contributed by atoms with E-state index in [9.17, 15) is 5.11 Å². The summed E-state index contributed by atoms with van der Waals surface area (Å²) in [4.78, 5) is 0. The standard InChI is InChI=1S/C15H24O2/c1-4-13(5-2)15(16)11-8-12-6-9-14(17-3)10-7-12/h6-7,9-10,13,15-16H,4-5,8,11H2,1-3H3. The predicted molar refractivity (Wildman–Crippen MR) is 71.4 cm³/mol. The lowest BCUT2D eigenvalue weighted by Crippen LogP contribution is -2.19. The van der Waals surface area contributed by atoms with Gasteiger partial charge in [0.2, 0.25) is 0 Å². The Morgan fingerprint density at radius 2 is 1.71 bits per heavy atom. The van der Waals surface area contributed by atoms with Gasteiger partial charge >= 0.3 is 0 Å². The summed E-state index contributed by atoms with van der Waals surface area (Å²) in [6, 6.07) is 8.08. The Hall–Kier alpha value is -1.02. The summed E-state index contributed by atoms with van der Waals surface area (Å²) in [6.45, 7) is 4.29. The quantitative estimate of drug-likeness (QED) is 0.786. The monoisotopic (exact) mass is 236 g/mol. The second-order valence-corrected chi connectivity index (χ2v) is 4.53. The van der Waals surface area contributed by atoms with E-state index in [1.807, 2.05) is 12.1 Å². The number of aliphatic hydroxyl groups is 1. The first-order valence-electron chi connectivity index (χ1n) is 6.52. The van der Waals surface area contributed by atoms with Crippen molar-refractivity contribution in [3.8, 4) is 5.75 Å². The Balaban J connectivity index is 2.43. The molecular formula is C15H24O2. The fourth-order valence-corrected chi connectivity index (χ4v) is 2.18. The van der Waals surface area contributed by atoms with Crippen LogP contribution in [-0.2, 0) is 6.42 Å². The van der Waals surface area contributed by atoms with Gasteiger partial charge in [0.05, 0.1) is 13.2 Å². The zero-order valence-corrected chi connectivity index (χ0v) is 11.1. The minimum Gasteiger partial charge on any atom is -0.497 e. The van der Waals surface area contributed by atoms with Crippen LogP contribution in [0, 0.1) is 5.92 Å². The number of aliphatic hydroxyl groups excluding tert-OH is 1. The Kier molecular flexibility index (Phi) is 6.06. The van der Waals surface area contributed by atoms with Gasteiger partial charge in [-0.25, -0.2) is 0 Å². The normalized spacial score (nSPS) is 12.8. The average molecular weight is 236 g/mol. The molecule has 0 amide bonds. The molecule has 1 N–H and O–H groups in total. The first kappa shape index (κ1) is 14.0. The molecule has 1 aromatic carbocycles. The van der Waals surface area contributed by atoms with Crippen molar-refractivity contribution in [1.82, 2.24) is 0 Å². The SMILES string of the molecule is CCC(CC)C(O)CCc1ccc(OC)cc1. The maximum Gasteiger partial charge on any atom is 0.118 e. The molecule has 2 heteroatoms. The summed E-state index contributed by atoms with van der Waals surface area (Å²) in [6.07, 6.45) is 3.72. The summed E-state index contributed by atoms with van der Waals surface area (Å²) in [7, 11) is 1.67. The zero-order chi connectivity index (χ0) is 12.7. The van der Waals surface area contributed by atoms with Crippen LogP contribution in [0.2, 0.25) is 0 Å². The number of hydrogen-bond donors (Lipinski definition) is 1. The Morgan fingerprint density at radius 1 is 1.12 bits per heavy atom. The molecule has 1 rings (SSSR count). The molecule has 0 fully saturated rings. The highest BCUT2D eigenvalue weighted by Gasteiger charge is 2.14. The van der Waals surface area contributed by atoms with Crippen LogP contribution in [0.4, 0.5) is 0 Å². The topological polar surface area (TPSA) is 29.5 Å². The van der Waals surface area contributed by atoms with Gasteiger partial charge in [-0.1, -0.05) is 38.8 Å². The van der Waals surface area contributed by atoms with Crippen LogP contribution in [0.25, 0.3) is 0 Å². The molecule has 0 bridgehead atoms. The summed E-state index contributed by atoms with van der Waals surface area (Å²) >= 11 is 0. The largest absolute Gasteiger partial charge is 0.497 e. The minimum atomic E-state index is -0.174. The molecular weight excluding hydrogens is 212 g/mol. The van der Waals surface area contributed by atoms with Crippen LogP contribution < -0.4 is 4.74 Å². The molecule has 0 saturated heterocycles. The van der Waals surface area contributed by atoms with E-state index in [4.69, 9.17) is 4.74 Å². The van der Waals surface area contributed by atoms with Gasteiger partial charge in [-0.3, -0.25) is 0 Å². The fourth-order valence-electron chi connectivity index (χ4n) is 2.18. The maximum atomic E-state index is 10.0. The van der Waals surface area contributed by atoms with Crippen molar-refractivity contribution in [1.29, 1.82) is 0 Å². The molecule has 1 atom stereocenters. The molecule has 0 spiro atoms. The lowest BCUT2D eigenvalue weighted by Gasteiger charge is -2.19. The molecule has 0 aromatic heterocycles. The number of rotatable bonds is 7. The number of ether oxygens (including phenoxy) is 1. The molecule has 0 aliphatic heterocycles. The van der Waals surface area contributed by atoms with E-state index in [0.29, 0.717) is 5.92 Å². The third-order valence-electron chi connectivity index (χ3n) is 3.48. The maximum absolute atomic E-state index is 10.0. The molecule has 17 heavy (non-hydrogen) atoms. The highest BCUT2D eigenvalue weighted by molar-refractivity contribution is 5.27. The highest BCUT2D eigenvalue weighted by atomic mass is 16.5. The predicted octanol–water partition coefficient (Wildman–Crippen LogP) is 3.42. The van der Waals surface area contributed by atoms with Crippen LogP contribution in [0.1, 0.15) is 38.7 Å². The molecule has 1 unspecified atom stereocenters. The van der Waals surface area contributed by atoms with Gasteiger partial charge in [0.25, 0.3) is 0 Å². The van der Waals surface area contributed by atoms with Gasteiger partial charge in [0.15, 0.2) is 0 Å². The van der Waals surface area contributed by atoms with Crippen molar-refractivity contribution in [2.24, 2.45) is 5.92 Å². The molecule has 2 nitrogen and oxygen atoms in total. The van der Waals surface area contributed by atoms with Crippen molar-refractivity contribution in [2.45, 2.75) is 45.6 Å². The second kappa shape index (κ2) is 7.33. The smallest absolute Gasteiger partial charge is 0.118 e. The van der Waals surface area contributed by atoms with Gasteiger partial charge in [-0.05, 0) is 36.5 Å². The second-order valence-electron chi connectivity index (χ2n) is 4.53. The van der Waals surface area contributed by atoms with E-state index < -0.39 is 0 Å². The van der Waals surface area contributed by atoms with E-state index in [-0.39, 0.29) is 6.10 Å². The van der Waals surface area contributed by atoms with Crippen LogP contribution in [-0.4, -0.2) is 18.3 Å². The minimum absolute atomic E-state index is 0.174. The first-order chi connectivity index (χ1) is 8.21. The van der Waals surface area contributed by atoms with Crippen molar-refractivity contribution < 1.29 is 9.84 Å². The third kappa shape index (κ3) is 4.39. The van der Waals surface area contributed by atoms with Crippen LogP contribution in [0.5, 0.6) is 5.75 Å². The number of methoxy groups -OCH3 is 1. The molecule has 0 aliphatic carbocycles. The van der Waals surface area contributed by atoms with Gasteiger partial charge in [0.1, 0.15) is 5.75 Å². The van der Waals surface area contributed by atoms with Crippen LogP contribution in [0.15, 0.2) is 24.3 Å². The first-order valence-corrected chi connectivity index (χ1v) is 6.52. The van der Waals surface area contributed by atoms with E-state index in [2.05, 4.69) is 26.0 Å². The zero-order valence-electron chi connectivity index (χ0n) is 11.1. The van der Waals surface area contributed by atoms with Gasteiger partial charge < -0.3 is 9.84 Å². The van der Waals surface area contributed by atoms with Crippen molar-refractivity contribution in [2.75, 3.05) is 7.11 Å². The summed E-state index contributed by atoms with van der Waals surface area (Å²) in [5, 5.41) is 10.0. The molecule has 1 aromatic rings. The van der Waals surface area contributed by atoms with E-state index in [1.165, 1.54) is 5.56 Å². The Morgan fingerprint density at radius 3 is 2.18 bits per heavy atom. The van der Waals surface area contributed by atoms with Gasteiger partial charge in [0, 0.05) is 0 Å². The Bertz CT molecular complexity index is 301. The van der Waals surface area contributed by atoms with Crippen molar-refractivity contribution in [3.05, 3.63) is 29.8 Å². The lowest BCUT2D eigenvalue weighted by atomic mass is 9.92. The van der Waals surface area contributed by atoms with Gasteiger partial charge in [-0.15, -0.1) is 0 Å². The van der Waals surface area contributed by atoms with Crippen molar-refractivity contribution in [3.63, 3.8) is 0 Å². The van der Waals surface area contributed by atoms with E-state index in [0.717, 1.165) is 31.4 Å². The average Bonchev–Trinajstić information content (AvgIpc) is 2.38. The Labute approximate surface area is 105 Å². The number of aryl methyl sites for hydroxylation is 1. The third-order valence-corrected chi connectivity index (χ3v) is 3.48. The highest BCUT2D eigenvalue weighted by Crippen LogP contribution is 2.19. The number of benzene rings is 1. The van der Waals surface area contributed by atoms with Crippen molar-refractivity contribution >= 4 is 0 Å². The van der Waals surface area contributed by atoms with Crippen LogP contribution in [0.3, 0.4) is 0 Å². The molecule has 0 aliphatic rings. The van der Waals surface area contributed by atoms with Gasteiger partial charge in [-0.2, -0.15) is 0 Å². The van der Waals surface area contributed by atoms with E-state index in [1.54, 1.807) is 7.11 Å². The summed E-state index contributed by atoms with van der Waals surface area (Å²) in [5.41, 5.74) is 1.26. The summed E-state index contributed by atoms with van der Waals surface area (Å²) in [5.74, 6) is 1.32. The molecule has 0 saturated carbocycles. The van der Waals surface area contributed by atoms with Crippen LogP contribution >= 0.6 is 0 Å².